The van der Waals surface area contributed by atoms with Gasteiger partial charge in [0.1, 0.15) is 18.2 Å². The second kappa shape index (κ2) is 3.34. The van der Waals surface area contributed by atoms with E-state index in [1.54, 1.807) is 0 Å². The zero-order chi connectivity index (χ0) is 9.26. The van der Waals surface area contributed by atoms with Gasteiger partial charge in [0.25, 0.3) is 0 Å². The van der Waals surface area contributed by atoms with Crippen LogP contribution >= 0.6 is 0 Å². The molecule has 0 amide bonds. The molecule has 1 aromatic carbocycles. The highest BCUT2D eigenvalue weighted by atomic mass is 19.1. The van der Waals surface area contributed by atoms with Crippen LogP contribution < -0.4 is 10.1 Å². The SMILES string of the molecule is Cc1cc(F)cc2c1OCCNC2. The van der Waals surface area contributed by atoms with Crippen molar-refractivity contribution in [2.75, 3.05) is 13.2 Å². The van der Waals surface area contributed by atoms with Gasteiger partial charge in [-0.25, -0.2) is 4.39 Å². The Hall–Kier alpha value is -1.09. The van der Waals surface area contributed by atoms with Crippen LogP contribution in [0.4, 0.5) is 4.39 Å². The van der Waals surface area contributed by atoms with Gasteiger partial charge in [0, 0.05) is 18.7 Å². The first-order valence-electron chi connectivity index (χ1n) is 4.40. The zero-order valence-electron chi connectivity index (χ0n) is 7.56. The van der Waals surface area contributed by atoms with E-state index in [-0.39, 0.29) is 5.82 Å². The number of nitrogens with one attached hydrogen (secondary N) is 1. The lowest BCUT2D eigenvalue weighted by atomic mass is 10.1. The van der Waals surface area contributed by atoms with Crippen LogP contribution in [0.5, 0.6) is 5.75 Å². The second-order valence-electron chi connectivity index (χ2n) is 3.24. The van der Waals surface area contributed by atoms with Gasteiger partial charge in [0.15, 0.2) is 0 Å². The highest BCUT2D eigenvalue weighted by Crippen LogP contribution is 2.25. The van der Waals surface area contributed by atoms with Gasteiger partial charge in [0.05, 0.1) is 0 Å². The molecule has 70 valence electrons. The van der Waals surface area contributed by atoms with Gasteiger partial charge in [0.2, 0.25) is 0 Å². The first-order valence-corrected chi connectivity index (χ1v) is 4.40. The average molecular weight is 181 g/mol. The molecule has 0 fully saturated rings. The van der Waals surface area contributed by atoms with Gasteiger partial charge in [-0.2, -0.15) is 0 Å². The van der Waals surface area contributed by atoms with E-state index in [9.17, 15) is 4.39 Å². The maximum Gasteiger partial charge on any atom is 0.126 e. The van der Waals surface area contributed by atoms with E-state index >= 15 is 0 Å². The molecule has 0 unspecified atom stereocenters. The molecule has 1 aromatic rings. The molecule has 0 saturated carbocycles. The summed E-state index contributed by atoms with van der Waals surface area (Å²) in [7, 11) is 0. The van der Waals surface area contributed by atoms with Crippen molar-refractivity contribution in [1.29, 1.82) is 0 Å². The number of ether oxygens (including phenoxy) is 1. The van der Waals surface area contributed by atoms with E-state index in [0.29, 0.717) is 13.2 Å². The predicted molar refractivity (Wildman–Crippen MR) is 48.3 cm³/mol. The molecule has 2 rings (SSSR count). The van der Waals surface area contributed by atoms with Crippen LogP contribution in [0.25, 0.3) is 0 Å². The molecule has 0 saturated heterocycles. The molecule has 0 bridgehead atoms. The van der Waals surface area contributed by atoms with E-state index in [2.05, 4.69) is 5.32 Å². The Kier molecular flexibility index (Phi) is 2.19. The fourth-order valence-corrected chi connectivity index (χ4v) is 1.59. The Morgan fingerprint density at radius 1 is 1.46 bits per heavy atom. The molecular weight excluding hydrogens is 169 g/mol. The summed E-state index contributed by atoms with van der Waals surface area (Å²) in [4.78, 5) is 0. The summed E-state index contributed by atoms with van der Waals surface area (Å²) in [6.45, 7) is 4.02. The molecule has 2 nitrogen and oxygen atoms in total. The number of rotatable bonds is 0. The highest BCUT2D eigenvalue weighted by Gasteiger charge is 2.12. The third-order valence-corrected chi connectivity index (χ3v) is 2.16. The zero-order valence-corrected chi connectivity index (χ0v) is 7.56. The fourth-order valence-electron chi connectivity index (χ4n) is 1.59. The molecule has 13 heavy (non-hydrogen) atoms. The van der Waals surface area contributed by atoms with Crippen LogP contribution in [-0.2, 0) is 6.54 Å². The summed E-state index contributed by atoms with van der Waals surface area (Å²) in [6.07, 6.45) is 0. The summed E-state index contributed by atoms with van der Waals surface area (Å²) < 4.78 is 18.5. The molecule has 1 aliphatic rings. The van der Waals surface area contributed by atoms with Crippen molar-refractivity contribution in [3.8, 4) is 5.75 Å². The predicted octanol–water partition coefficient (Wildman–Crippen LogP) is 1.62. The van der Waals surface area contributed by atoms with E-state index in [0.717, 1.165) is 23.4 Å². The van der Waals surface area contributed by atoms with Crippen molar-refractivity contribution in [2.45, 2.75) is 13.5 Å². The van der Waals surface area contributed by atoms with Gasteiger partial charge in [-0.3, -0.25) is 0 Å². The molecule has 1 aliphatic heterocycles. The Labute approximate surface area is 76.7 Å². The summed E-state index contributed by atoms with van der Waals surface area (Å²) >= 11 is 0. The minimum absolute atomic E-state index is 0.191. The van der Waals surface area contributed by atoms with Crippen LogP contribution in [0.15, 0.2) is 12.1 Å². The number of halogens is 1. The fraction of sp³-hybridized carbons (Fsp3) is 0.400. The van der Waals surface area contributed by atoms with Gasteiger partial charge in [-0.05, 0) is 24.6 Å². The molecule has 0 radical (unpaired) electrons. The molecule has 0 aromatic heterocycles. The number of benzene rings is 1. The third kappa shape index (κ3) is 1.65. The molecule has 0 aliphatic carbocycles. The molecule has 1 N–H and O–H groups in total. The normalized spacial score (nSPS) is 15.8. The minimum atomic E-state index is -0.191. The van der Waals surface area contributed by atoms with Crippen molar-refractivity contribution >= 4 is 0 Å². The monoisotopic (exact) mass is 181 g/mol. The quantitative estimate of drug-likeness (QED) is 0.656. The summed E-state index contributed by atoms with van der Waals surface area (Å²) in [5.41, 5.74) is 1.79. The average Bonchev–Trinajstić information content (AvgIpc) is 2.28. The highest BCUT2D eigenvalue weighted by molar-refractivity contribution is 5.41. The van der Waals surface area contributed by atoms with Gasteiger partial charge < -0.3 is 10.1 Å². The van der Waals surface area contributed by atoms with Crippen molar-refractivity contribution in [2.24, 2.45) is 0 Å². The molecular formula is C10H12FNO. The van der Waals surface area contributed by atoms with Crippen molar-refractivity contribution < 1.29 is 9.13 Å². The Morgan fingerprint density at radius 2 is 2.31 bits per heavy atom. The largest absolute Gasteiger partial charge is 0.492 e. The smallest absolute Gasteiger partial charge is 0.126 e. The van der Waals surface area contributed by atoms with Crippen LogP contribution in [0.1, 0.15) is 11.1 Å². The third-order valence-electron chi connectivity index (χ3n) is 2.16. The number of aryl methyl sites for hydroxylation is 1. The Morgan fingerprint density at radius 3 is 3.15 bits per heavy atom. The lowest BCUT2D eigenvalue weighted by Crippen LogP contribution is -2.16. The van der Waals surface area contributed by atoms with E-state index in [4.69, 9.17) is 4.74 Å². The van der Waals surface area contributed by atoms with Crippen LogP contribution in [0.3, 0.4) is 0 Å². The Balaban J connectivity index is 2.47. The van der Waals surface area contributed by atoms with Gasteiger partial charge in [-0.1, -0.05) is 0 Å². The van der Waals surface area contributed by atoms with Gasteiger partial charge >= 0.3 is 0 Å². The standard InChI is InChI=1S/C10H12FNO/c1-7-4-9(11)5-8-6-12-2-3-13-10(7)8/h4-5,12H,2-3,6H2,1H3. The molecule has 3 heteroatoms. The lowest BCUT2D eigenvalue weighted by molar-refractivity contribution is 0.323. The summed E-state index contributed by atoms with van der Waals surface area (Å²) in [6, 6.07) is 3.03. The van der Waals surface area contributed by atoms with E-state index in [1.165, 1.54) is 12.1 Å². The molecule has 0 spiro atoms. The first kappa shape index (κ1) is 8.51. The number of hydrogen-bond donors (Lipinski definition) is 1. The van der Waals surface area contributed by atoms with Crippen molar-refractivity contribution in [3.05, 3.63) is 29.1 Å². The van der Waals surface area contributed by atoms with Gasteiger partial charge in [-0.15, -0.1) is 0 Å². The van der Waals surface area contributed by atoms with Crippen LogP contribution in [0, 0.1) is 12.7 Å². The summed E-state index contributed by atoms with van der Waals surface area (Å²) in [5.74, 6) is 0.648. The minimum Gasteiger partial charge on any atom is -0.492 e. The lowest BCUT2D eigenvalue weighted by Gasteiger charge is -2.09. The van der Waals surface area contributed by atoms with Crippen molar-refractivity contribution in [3.63, 3.8) is 0 Å². The Bertz CT molecular complexity index is 325. The van der Waals surface area contributed by atoms with E-state index in [1.807, 2.05) is 6.92 Å². The maximum absolute atomic E-state index is 13.0. The second-order valence-corrected chi connectivity index (χ2v) is 3.24. The van der Waals surface area contributed by atoms with Crippen molar-refractivity contribution in [1.82, 2.24) is 5.32 Å². The first-order chi connectivity index (χ1) is 6.27. The van der Waals surface area contributed by atoms with Crippen LogP contribution in [0.2, 0.25) is 0 Å². The number of hydrogen-bond acceptors (Lipinski definition) is 2. The van der Waals surface area contributed by atoms with E-state index < -0.39 is 0 Å². The molecule has 1 heterocycles. The maximum atomic E-state index is 13.0. The molecule has 0 atom stereocenters. The van der Waals surface area contributed by atoms with Crippen LogP contribution in [-0.4, -0.2) is 13.2 Å². The topological polar surface area (TPSA) is 21.3 Å². The summed E-state index contributed by atoms with van der Waals surface area (Å²) in [5, 5.41) is 3.17. The number of fused-ring (bicyclic) bond motifs is 1.